The summed E-state index contributed by atoms with van der Waals surface area (Å²) in [7, 11) is 0. The lowest BCUT2D eigenvalue weighted by atomic mass is 9.92. The molecule has 0 saturated carbocycles. The van der Waals surface area contributed by atoms with Crippen LogP contribution in [-0.4, -0.2) is 22.8 Å². The summed E-state index contributed by atoms with van der Waals surface area (Å²) in [5.74, 6) is 0. The third-order valence-corrected chi connectivity index (χ3v) is 13.1. The molecule has 0 aliphatic carbocycles. The van der Waals surface area contributed by atoms with Gasteiger partial charge in [0.25, 0.3) is 0 Å². The molecule has 0 saturated heterocycles. The molecule has 5 aliphatic heterocycles. The third-order valence-electron chi connectivity index (χ3n) is 12.3. The summed E-state index contributed by atoms with van der Waals surface area (Å²) in [4.78, 5) is 21.3. The van der Waals surface area contributed by atoms with Crippen molar-refractivity contribution in [1.82, 2.24) is 0 Å². The molecule has 2 aromatic rings. The Labute approximate surface area is 375 Å². The molecule has 0 radical (unpaired) electrons. The fourth-order valence-electron chi connectivity index (χ4n) is 8.99. The Morgan fingerprint density at radius 3 is 1.30 bits per heavy atom. The minimum Gasteiger partial charge on any atom is -0.248 e. The summed E-state index contributed by atoms with van der Waals surface area (Å²) in [6.07, 6.45) is 43.7. The Bertz CT molecular complexity index is 2180. The van der Waals surface area contributed by atoms with E-state index in [1.54, 1.807) is 0 Å². The molecule has 8 bridgehead atoms. The molecular weight excluding hydrogens is 809 g/mol. The largest absolute Gasteiger partial charge is 0.248 e. The molecule has 7 rings (SSSR count). The molecule has 4 nitrogen and oxygen atoms in total. The quantitative estimate of drug-likeness (QED) is 0.106. The van der Waals surface area contributed by atoms with E-state index in [0.717, 1.165) is 86.9 Å². The van der Waals surface area contributed by atoms with Crippen molar-refractivity contribution in [3.05, 3.63) is 152 Å². The first-order valence-electron chi connectivity index (χ1n) is 23.9. The fraction of sp³-hybridized carbons (Fsp3) is 0.429. The third kappa shape index (κ3) is 11.9. The zero-order valence-electron chi connectivity index (χ0n) is 37.5. The summed E-state index contributed by atoms with van der Waals surface area (Å²) in [5, 5.41) is 0. The van der Waals surface area contributed by atoms with Gasteiger partial charge >= 0.3 is 0 Å². The molecule has 61 heavy (non-hydrogen) atoms. The van der Waals surface area contributed by atoms with Gasteiger partial charge in [0.05, 0.1) is 50.1 Å². The zero-order chi connectivity index (χ0) is 42.4. The summed E-state index contributed by atoms with van der Waals surface area (Å²) in [5.41, 5.74) is 17.5. The number of unbranched alkanes of at least 4 members (excludes halogenated alkanes) is 12. The van der Waals surface area contributed by atoms with Crippen molar-refractivity contribution in [3.8, 4) is 0 Å². The molecule has 5 heteroatoms. The van der Waals surface area contributed by atoms with Crippen LogP contribution in [0.15, 0.2) is 138 Å². The summed E-state index contributed by atoms with van der Waals surface area (Å²) in [6, 6.07) is 14.6. The van der Waals surface area contributed by atoms with Gasteiger partial charge in [0.2, 0.25) is 0 Å². The second kappa shape index (κ2) is 22.6. The van der Waals surface area contributed by atoms with E-state index in [9.17, 15) is 0 Å². The van der Waals surface area contributed by atoms with Crippen molar-refractivity contribution in [2.75, 3.05) is 0 Å². The Hall–Kier alpha value is -4.48. The molecule has 5 aliphatic rings. The van der Waals surface area contributed by atoms with Crippen molar-refractivity contribution in [2.24, 2.45) is 20.0 Å². The van der Waals surface area contributed by atoms with Gasteiger partial charge in [-0.05, 0) is 155 Å². The number of aryl methyl sites for hydroxylation is 4. The van der Waals surface area contributed by atoms with Crippen LogP contribution in [0.25, 0.3) is 11.1 Å². The number of nitrogens with zero attached hydrogens (tertiary/aromatic N) is 4. The van der Waals surface area contributed by atoms with Gasteiger partial charge in [0.15, 0.2) is 0 Å². The number of fused-ring (bicyclic) bond motifs is 4. The lowest BCUT2D eigenvalue weighted by Gasteiger charge is -2.14. The lowest BCUT2D eigenvalue weighted by Crippen LogP contribution is -2.03. The van der Waals surface area contributed by atoms with E-state index in [2.05, 4.69) is 135 Å². The van der Waals surface area contributed by atoms with Crippen molar-refractivity contribution in [2.45, 2.75) is 156 Å². The molecule has 5 heterocycles. The molecule has 0 atom stereocenters. The van der Waals surface area contributed by atoms with E-state index in [-0.39, 0.29) is 0 Å². The van der Waals surface area contributed by atoms with Gasteiger partial charge in [-0.1, -0.05) is 141 Å². The van der Waals surface area contributed by atoms with E-state index in [1.165, 1.54) is 136 Å². The Morgan fingerprint density at radius 1 is 0.377 bits per heavy atom. The topological polar surface area (TPSA) is 49.4 Å². The second-order valence-corrected chi connectivity index (χ2v) is 18.3. The highest BCUT2D eigenvalue weighted by molar-refractivity contribution is 9.12. The maximum absolute atomic E-state index is 5.34. The number of aliphatic imine (C=N–C) groups is 4. The molecule has 0 N–H and O–H groups in total. The van der Waals surface area contributed by atoms with Gasteiger partial charge in [-0.15, -0.1) is 0 Å². The SMILES string of the molecule is CCCCCCc1cc(CCCCCC)cc(C2=C3C=CC(=N3)C=C3C=CC(=N3)C(c3cc(CCCCCC)cc(CCCCCC)c3)=C3C=CC(=N3)C(Br)=C3C=CC2=N3)c1. The van der Waals surface area contributed by atoms with Crippen LogP contribution in [0, 0.1) is 0 Å². The zero-order valence-corrected chi connectivity index (χ0v) is 39.1. The monoisotopic (exact) mass is 874 g/mol. The minimum atomic E-state index is 0.872. The van der Waals surface area contributed by atoms with Gasteiger partial charge in [0, 0.05) is 11.1 Å². The molecule has 0 aromatic heterocycles. The van der Waals surface area contributed by atoms with Gasteiger partial charge in [-0.3, -0.25) is 0 Å². The molecule has 0 spiro atoms. The predicted molar refractivity (Wildman–Crippen MR) is 268 cm³/mol. The van der Waals surface area contributed by atoms with Gasteiger partial charge in [-0.25, -0.2) is 20.0 Å². The van der Waals surface area contributed by atoms with Gasteiger partial charge in [0.1, 0.15) is 0 Å². The second-order valence-electron chi connectivity index (χ2n) is 17.5. The molecule has 0 fully saturated rings. The van der Waals surface area contributed by atoms with Crippen LogP contribution in [0.3, 0.4) is 0 Å². The normalized spacial score (nSPS) is 16.6. The average Bonchev–Trinajstić information content (AvgIpc) is 4.11. The standard InChI is InChI=1S/C56H67BrN4/c1-5-9-13-17-21-40-33-41(22-18-14-10-6-2)36-44(35-40)54-48-27-25-46(58-48)39-47-26-28-49(59-47)55(51-30-32-53(61-51)56(57)52-31-29-50(54)60-52)45-37-42(23-19-15-11-7-3)34-43(38-45)24-20-16-12-8-4/h25-39H,5-24H2,1-4H3. The van der Waals surface area contributed by atoms with E-state index in [0.29, 0.717) is 0 Å². The molecule has 0 unspecified atom stereocenters. The first kappa shape index (κ1) is 44.6. The first-order valence-corrected chi connectivity index (χ1v) is 24.7. The summed E-state index contributed by atoms with van der Waals surface area (Å²) < 4.78 is 0.888. The van der Waals surface area contributed by atoms with E-state index in [1.807, 2.05) is 0 Å². The summed E-state index contributed by atoms with van der Waals surface area (Å²) in [6.45, 7) is 9.14. The number of hydrogen-bond acceptors (Lipinski definition) is 4. The van der Waals surface area contributed by atoms with Crippen molar-refractivity contribution in [1.29, 1.82) is 0 Å². The highest BCUT2D eigenvalue weighted by Crippen LogP contribution is 2.36. The van der Waals surface area contributed by atoms with E-state index in [4.69, 9.17) is 20.0 Å². The predicted octanol–water partition coefficient (Wildman–Crippen LogP) is 15.8. The van der Waals surface area contributed by atoms with Crippen LogP contribution in [0.1, 0.15) is 164 Å². The van der Waals surface area contributed by atoms with Crippen molar-refractivity contribution in [3.63, 3.8) is 0 Å². The Morgan fingerprint density at radius 2 is 0.787 bits per heavy atom. The molecule has 2 aromatic carbocycles. The minimum absolute atomic E-state index is 0.872. The highest BCUT2D eigenvalue weighted by atomic mass is 79.9. The molecule has 318 valence electrons. The van der Waals surface area contributed by atoms with E-state index < -0.39 is 0 Å². The number of rotatable bonds is 22. The van der Waals surface area contributed by atoms with Crippen molar-refractivity contribution < 1.29 is 0 Å². The van der Waals surface area contributed by atoms with E-state index >= 15 is 0 Å². The fourth-order valence-corrected chi connectivity index (χ4v) is 9.44. The highest BCUT2D eigenvalue weighted by Gasteiger charge is 2.25. The van der Waals surface area contributed by atoms with Crippen LogP contribution in [0.5, 0.6) is 0 Å². The first-order chi connectivity index (χ1) is 30.0. The van der Waals surface area contributed by atoms with Gasteiger partial charge < -0.3 is 0 Å². The smallest absolute Gasteiger partial charge is 0.0801 e. The van der Waals surface area contributed by atoms with Crippen molar-refractivity contribution >= 4 is 49.9 Å². The van der Waals surface area contributed by atoms with Crippen LogP contribution >= 0.6 is 15.9 Å². The number of allylic oxidation sites excluding steroid dienone is 12. The molecular formula is C56H67BrN4. The number of hydrogen-bond donors (Lipinski definition) is 0. The van der Waals surface area contributed by atoms with Crippen LogP contribution in [0.4, 0.5) is 0 Å². The van der Waals surface area contributed by atoms with Gasteiger partial charge in [-0.2, -0.15) is 0 Å². The summed E-state index contributed by atoms with van der Waals surface area (Å²) >= 11 is 4.00. The number of halogens is 1. The average molecular weight is 876 g/mol. The maximum atomic E-state index is 5.34. The Balaban J connectivity index is 1.32. The van der Waals surface area contributed by atoms with Crippen LogP contribution in [0.2, 0.25) is 0 Å². The Kier molecular flexibility index (Phi) is 16.5. The van der Waals surface area contributed by atoms with Crippen LogP contribution < -0.4 is 0 Å². The number of benzene rings is 2. The molecule has 0 amide bonds. The maximum Gasteiger partial charge on any atom is 0.0801 e. The lowest BCUT2D eigenvalue weighted by molar-refractivity contribution is 0.661. The van der Waals surface area contributed by atoms with Crippen LogP contribution in [-0.2, 0) is 25.7 Å².